The predicted molar refractivity (Wildman–Crippen MR) is 84.2 cm³/mol. The van der Waals surface area contributed by atoms with Crippen LogP contribution in [0.25, 0.3) is 0 Å². The van der Waals surface area contributed by atoms with E-state index in [1.54, 1.807) is 6.07 Å². The third-order valence-corrected chi connectivity index (χ3v) is 5.45. The first kappa shape index (κ1) is 17.3. The van der Waals surface area contributed by atoms with E-state index in [9.17, 15) is 8.42 Å². The monoisotopic (exact) mass is 318 g/mol. The fraction of sp³-hybridized carbons (Fsp3) is 0.571. The highest BCUT2D eigenvalue weighted by Gasteiger charge is 2.24. The number of hydrogen-bond donors (Lipinski definition) is 2. The average molecular weight is 319 g/mol. The highest BCUT2D eigenvalue weighted by molar-refractivity contribution is 7.89. The molecule has 0 radical (unpaired) electrons. The summed E-state index contributed by atoms with van der Waals surface area (Å²) >= 11 is 5.96. The molecule has 0 aliphatic carbocycles. The van der Waals surface area contributed by atoms with Crippen LogP contribution in [0, 0.1) is 17.8 Å². The largest absolute Gasteiger partial charge is 0.398 e. The van der Waals surface area contributed by atoms with Crippen molar-refractivity contribution in [2.75, 3.05) is 12.3 Å². The van der Waals surface area contributed by atoms with E-state index in [1.807, 2.05) is 0 Å². The van der Waals surface area contributed by atoms with E-state index < -0.39 is 10.0 Å². The number of rotatable bonds is 6. The zero-order valence-electron chi connectivity index (χ0n) is 12.4. The first-order valence-electron chi connectivity index (χ1n) is 6.70. The predicted octanol–water partition coefficient (Wildman–Crippen LogP) is 3.13. The van der Waals surface area contributed by atoms with Gasteiger partial charge in [0.05, 0.1) is 10.7 Å². The second-order valence-electron chi connectivity index (χ2n) is 5.66. The minimum absolute atomic E-state index is 0.0343. The Labute approximate surface area is 126 Å². The number of halogens is 1. The van der Waals surface area contributed by atoms with Gasteiger partial charge in [-0.25, -0.2) is 13.1 Å². The van der Waals surface area contributed by atoms with Crippen LogP contribution in [0.1, 0.15) is 27.7 Å². The molecule has 1 rings (SSSR count). The lowest BCUT2D eigenvalue weighted by molar-refractivity contribution is 0.289. The van der Waals surface area contributed by atoms with Gasteiger partial charge >= 0.3 is 0 Å². The smallest absolute Gasteiger partial charge is 0.244 e. The molecule has 0 heterocycles. The Hall–Kier alpha value is -0.780. The highest BCUT2D eigenvalue weighted by Crippen LogP contribution is 2.27. The summed E-state index contributed by atoms with van der Waals surface area (Å²) in [5.74, 6) is 1.04. The number of benzene rings is 1. The van der Waals surface area contributed by atoms with Gasteiger partial charge in [0.25, 0.3) is 0 Å². The molecule has 0 aromatic heterocycles. The van der Waals surface area contributed by atoms with E-state index in [2.05, 4.69) is 32.4 Å². The number of anilines is 1. The molecule has 0 amide bonds. The van der Waals surface area contributed by atoms with E-state index in [4.69, 9.17) is 17.3 Å². The van der Waals surface area contributed by atoms with E-state index in [0.717, 1.165) is 0 Å². The molecule has 0 saturated carbocycles. The summed E-state index contributed by atoms with van der Waals surface area (Å²) in [7, 11) is -3.69. The molecule has 0 fully saturated rings. The van der Waals surface area contributed by atoms with Crippen molar-refractivity contribution in [3.8, 4) is 0 Å². The van der Waals surface area contributed by atoms with Crippen molar-refractivity contribution in [3.63, 3.8) is 0 Å². The van der Waals surface area contributed by atoms with E-state index >= 15 is 0 Å². The standard InChI is InChI=1S/C14H23ClN2O2S/c1-9(2)11(10(3)4)8-17-20(18,19)14-12(15)6-5-7-13(14)16/h5-7,9-11,17H,8,16H2,1-4H3. The molecule has 0 aliphatic heterocycles. The molecule has 0 aliphatic rings. The normalized spacial score (nSPS) is 12.6. The van der Waals surface area contributed by atoms with Gasteiger partial charge in [-0.1, -0.05) is 45.4 Å². The number of nitrogens with two attached hydrogens (primary N) is 1. The van der Waals surface area contributed by atoms with Crippen LogP contribution in [-0.4, -0.2) is 15.0 Å². The first-order chi connectivity index (χ1) is 9.16. The van der Waals surface area contributed by atoms with Crippen molar-refractivity contribution in [2.24, 2.45) is 17.8 Å². The van der Waals surface area contributed by atoms with Crippen LogP contribution in [0.5, 0.6) is 0 Å². The Bertz CT molecular complexity index is 528. The van der Waals surface area contributed by atoms with Crippen molar-refractivity contribution in [1.29, 1.82) is 0 Å². The van der Waals surface area contributed by atoms with Crippen molar-refractivity contribution < 1.29 is 8.42 Å². The third kappa shape index (κ3) is 4.11. The van der Waals surface area contributed by atoms with Gasteiger partial charge in [0.1, 0.15) is 4.90 Å². The Morgan fingerprint density at radius 2 is 1.75 bits per heavy atom. The van der Waals surface area contributed by atoms with Crippen LogP contribution >= 0.6 is 11.6 Å². The summed E-state index contributed by atoms with van der Waals surface area (Å²) in [4.78, 5) is -0.0343. The molecule has 0 bridgehead atoms. The zero-order chi connectivity index (χ0) is 15.5. The molecule has 1 aromatic carbocycles. The Kier molecular flexibility index (Phi) is 5.86. The number of nitrogen functional groups attached to an aromatic ring is 1. The lowest BCUT2D eigenvalue weighted by Gasteiger charge is -2.25. The van der Waals surface area contributed by atoms with Crippen LogP contribution in [0.15, 0.2) is 23.1 Å². The number of nitrogens with one attached hydrogen (secondary N) is 1. The topological polar surface area (TPSA) is 72.2 Å². The second kappa shape index (κ2) is 6.78. The lowest BCUT2D eigenvalue weighted by atomic mass is 9.86. The molecule has 4 nitrogen and oxygen atoms in total. The SMILES string of the molecule is CC(C)C(CNS(=O)(=O)c1c(N)cccc1Cl)C(C)C. The van der Waals surface area contributed by atoms with Crippen molar-refractivity contribution in [3.05, 3.63) is 23.2 Å². The third-order valence-electron chi connectivity index (χ3n) is 3.49. The Morgan fingerprint density at radius 3 is 2.20 bits per heavy atom. The van der Waals surface area contributed by atoms with Crippen LogP contribution in [0.3, 0.4) is 0 Å². The molecular weight excluding hydrogens is 296 g/mol. The molecular formula is C14H23ClN2O2S. The van der Waals surface area contributed by atoms with Crippen molar-refractivity contribution in [1.82, 2.24) is 4.72 Å². The van der Waals surface area contributed by atoms with E-state index in [-0.39, 0.29) is 21.5 Å². The minimum atomic E-state index is -3.69. The van der Waals surface area contributed by atoms with Gasteiger partial charge in [0, 0.05) is 6.54 Å². The highest BCUT2D eigenvalue weighted by atomic mass is 35.5. The van der Waals surface area contributed by atoms with Crippen LogP contribution in [0.2, 0.25) is 5.02 Å². The number of hydrogen-bond acceptors (Lipinski definition) is 3. The van der Waals surface area contributed by atoms with Crippen LogP contribution in [0.4, 0.5) is 5.69 Å². The molecule has 114 valence electrons. The molecule has 0 saturated heterocycles. The molecule has 6 heteroatoms. The zero-order valence-corrected chi connectivity index (χ0v) is 13.9. The maximum absolute atomic E-state index is 12.3. The maximum atomic E-state index is 12.3. The fourth-order valence-corrected chi connectivity index (χ4v) is 4.07. The Balaban J connectivity index is 2.96. The van der Waals surface area contributed by atoms with E-state index in [0.29, 0.717) is 18.4 Å². The van der Waals surface area contributed by atoms with Gasteiger partial charge < -0.3 is 5.73 Å². The average Bonchev–Trinajstić information content (AvgIpc) is 2.26. The Morgan fingerprint density at radius 1 is 1.20 bits per heavy atom. The summed E-state index contributed by atoms with van der Waals surface area (Å²) in [5, 5.41) is 0.142. The summed E-state index contributed by atoms with van der Waals surface area (Å²) in [6.07, 6.45) is 0. The van der Waals surface area contributed by atoms with Gasteiger partial charge in [-0.05, 0) is 29.9 Å². The van der Waals surface area contributed by atoms with Crippen LogP contribution < -0.4 is 10.5 Å². The molecule has 0 atom stereocenters. The quantitative estimate of drug-likeness (QED) is 0.791. The molecule has 20 heavy (non-hydrogen) atoms. The van der Waals surface area contributed by atoms with E-state index in [1.165, 1.54) is 12.1 Å². The lowest BCUT2D eigenvalue weighted by Crippen LogP contribution is -2.34. The van der Waals surface area contributed by atoms with Gasteiger partial charge in [-0.2, -0.15) is 0 Å². The molecule has 0 unspecified atom stereocenters. The number of sulfonamides is 1. The van der Waals surface area contributed by atoms with Crippen molar-refractivity contribution >= 4 is 27.3 Å². The summed E-state index contributed by atoms with van der Waals surface area (Å²) in [5.41, 5.74) is 5.89. The van der Waals surface area contributed by atoms with Gasteiger partial charge in [-0.15, -0.1) is 0 Å². The summed E-state index contributed by atoms with van der Waals surface area (Å²) in [6, 6.07) is 4.68. The minimum Gasteiger partial charge on any atom is -0.398 e. The summed E-state index contributed by atoms with van der Waals surface area (Å²) in [6.45, 7) is 8.72. The van der Waals surface area contributed by atoms with Gasteiger partial charge in [0.2, 0.25) is 10.0 Å². The fourth-order valence-electron chi connectivity index (χ4n) is 2.33. The van der Waals surface area contributed by atoms with Gasteiger partial charge in [-0.3, -0.25) is 0 Å². The maximum Gasteiger partial charge on any atom is 0.244 e. The van der Waals surface area contributed by atoms with Crippen molar-refractivity contribution in [2.45, 2.75) is 32.6 Å². The second-order valence-corrected chi connectivity index (χ2v) is 7.77. The first-order valence-corrected chi connectivity index (χ1v) is 8.56. The molecule has 1 aromatic rings. The van der Waals surface area contributed by atoms with Crippen LogP contribution in [-0.2, 0) is 10.0 Å². The molecule has 3 N–H and O–H groups in total. The molecule has 0 spiro atoms. The summed E-state index contributed by atoms with van der Waals surface area (Å²) < 4.78 is 27.3. The van der Waals surface area contributed by atoms with Gasteiger partial charge in [0.15, 0.2) is 0 Å².